The minimum Gasteiger partial charge on any atom is -0.338 e. The smallest absolute Gasteiger partial charge is 0.195 e. The van der Waals surface area contributed by atoms with Crippen molar-refractivity contribution in [3.8, 4) is 0 Å². The van der Waals surface area contributed by atoms with Gasteiger partial charge in [-0.15, -0.1) is 11.6 Å². The van der Waals surface area contributed by atoms with E-state index in [4.69, 9.17) is 17.0 Å². The van der Waals surface area contributed by atoms with Crippen LogP contribution in [0.15, 0.2) is 12.2 Å². The molecule has 5 aliphatic rings. The fourth-order valence-electron chi connectivity index (χ4n) is 7.69. The van der Waals surface area contributed by atoms with Gasteiger partial charge in [0.2, 0.25) is 0 Å². The Bertz CT molecular complexity index is 753. The summed E-state index contributed by atoms with van der Waals surface area (Å²) in [6.07, 6.45) is 11.1. The summed E-state index contributed by atoms with van der Waals surface area (Å²) in [5.41, 5.74) is 1.42. The Kier molecular flexibility index (Phi) is 7.48. The molecule has 5 fully saturated rings. The summed E-state index contributed by atoms with van der Waals surface area (Å²) in [4.78, 5) is 6.96. The number of nitrogens with zero attached hydrogens (tertiary/aromatic N) is 3. The number of nitrogens with one attached hydrogen (secondary N) is 4. The molecule has 0 amide bonds. The fraction of sp³-hybridized carbons (Fsp3) is 0.885. The van der Waals surface area contributed by atoms with E-state index in [2.05, 4.69) is 58.2 Å². The zero-order valence-electron chi connectivity index (χ0n) is 21.4. The fourth-order valence-corrected chi connectivity index (χ4v) is 8.04. The highest BCUT2D eigenvalue weighted by Crippen LogP contribution is 2.38. The molecule has 5 rings (SSSR count). The molecule has 0 bridgehead atoms. The summed E-state index contributed by atoms with van der Waals surface area (Å²) >= 11 is 6.35. The molecule has 8 heteroatoms. The van der Waals surface area contributed by atoms with Crippen LogP contribution < -0.4 is 16.0 Å². The average molecular weight is 492 g/mol. The first kappa shape index (κ1) is 24.8. The number of hydrogen-bond acceptors (Lipinski definition) is 5. The van der Waals surface area contributed by atoms with Gasteiger partial charge in [0.15, 0.2) is 5.96 Å². The Balaban J connectivity index is 1.21. The van der Waals surface area contributed by atoms with E-state index in [1.54, 1.807) is 0 Å². The first-order chi connectivity index (χ1) is 16.3. The first-order valence-corrected chi connectivity index (χ1v) is 14.1. The monoisotopic (exact) mass is 491 g/mol. The van der Waals surface area contributed by atoms with Crippen molar-refractivity contribution in [1.29, 1.82) is 5.41 Å². The Morgan fingerprint density at radius 2 is 1.79 bits per heavy atom. The maximum atomic E-state index is 8.91. The van der Waals surface area contributed by atoms with Crippen LogP contribution in [0.3, 0.4) is 0 Å². The molecule has 0 aromatic heterocycles. The van der Waals surface area contributed by atoms with Gasteiger partial charge in [0, 0.05) is 26.7 Å². The maximum Gasteiger partial charge on any atom is 0.195 e. The second-order valence-electron chi connectivity index (χ2n) is 11.9. The Labute approximate surface area is 211 Å². The highest BCUT2D eigenvalue weighted by molar-refractivity contribution is 6.20. The van der Waals surface area contributed by atoms with Crippen molar-refractivity contribution in [3.05, 3.63) is 12.2 Å². The molecule has 0 radical (unpaired) electrons. The number of fused-ring (bicyclic) bond motifs is 1. The van der Waals surface area contributed by atoms with Crippen LogP contribution in [0.1, 0.15) is 58.3 Å². The third kappa shape index (κ3) is 4.75. The second kappa shape index (κ2) is 10.3. The van der Waals surface area contributed by atoms with Crippen LogP contribution in [0.5, 0.6) is 0 Å². The van der Waals surface area contributed by atoms with Gasteiger partial charge in [0.25, 0.3) is 0 Å². The minimum absolute atomic E-state index is 0.0813. The summed E-state index contributed by atoms with van der Waals surface area (Å²) in [6, 6.07) is 0.323. The van der Waals surface area contributed by atoms with Crippen molar-refractivity contribution >= 4 is 17.6 Å². The number of allylic oxidation sites excluding steroid dienone is 1. The van der Waals surface area contributed by atoms with E-state index in [-0.39, 0.29) is 11.7 Å². The lowest BCUT2D eigenvalue weighted by Gasteiger charge is -2.45. The number of likely N-dealkylation sites (N-methyl/N-ethyl adjacent to an activating group) is 2. The van der Waals surface area contributed by atoms with E-state index in [9.17, 15) is 0 Å². The number of rotatable bonds is 5. The minimum atomic E-state index is 0.0813. The van der Waals surface area contributed by atoms with Crippen LogP contribution in [0, 0.1) is 29.1 Å². The molecular formula is C26H46ClN7. The van der Waals surface area contributed by atoms with Crippen molar-refractivity contribution < 1.29 is 0 Å². The lowest BCUT2D eigenvalue weighted by Crippen LogP contribution is -2.67. The molecule has 3 saturated heterocycles. The van der Waals surface area contributed by atoms with Crippen molar-refractivity contribution in [3.63, 3.8) is 0 Å². The third-order valence-electron chi connectivity index (χ3n) is 9.65. The summed E-state index contributed by atoms with van der Waals surface area (Å²) < 4.78 is 0. The second-order valence-corrected chi connectivity index (χ2v) is 12.4. The maximum absolute atomic E-state index is 8.91. The first-order valence-electron chi connectivity index (χ1n) is 13.7. The van der Waals surface area contributed by atoms with Crippen molar-refractivity contribution in [1.82, 2.24) is 30.7 Å². The Hall–Kier alpha value is -0.860. The summed E-state index contributed by atoms with van der Waals surface area (Å²) in [5, 5.41) is 20.3. The molecule has 0 aromatic rings. The summed E-state index contributed by atoms with van der Waals surface area (Å²) in [7, 11) is 4.29. The molecule has 2 saturated carbocycles. The molecular weight excluding hydrogens is 446 g/mol. The lowest BCUT2D eigenvalue weighted by atomic mass is 9.74. The largest absolute Gasteiger partial charge is 0.338 e. The summed E-state index contributed by atoms with van der Waals surface area (Å²) in [6.45, 7) is 9.41. The molecule has 0 aromatic carbocycles. The van der Waals surface area contributed by atoms with Crippen LogP contribution in [0.2, 0.25) is 0 Å². The van der Waals surface area contributed by atoms with Crippen molar-refractivity contribution in [2.75, 3.05) is 33.7 Å². The quantitative estimate of drug-likeness (QED) is 0.269. The zero-order chi connectivity index (χ0) is 24.0. The standard InChI is InChI=1S/C26H46ClN7/c1-16(2)19-7-5-6-8-20(19)23-29-13-21-25(31-23)34(26(28)33(21)4)14-17-9-11-18(12-10-17)24-30-22(27)15-32(24)3/h17-25,28-31H,1,5-15H2,2-4H3. The van der Waals surface area contributed by atoms with Crippen molar-refractivity contribution in [2.45, 2.75) is 88.3 Å². The lowest BCUT2D eigenvalue weighted by molar-refractivity contribution is 0.0805. The van der Waals surface area contributed by atoms with Gasteiger partial charge in [-0.05, 0) is 76.2 Å². The molecule has 7 unspecified atom stereocenters. The Morgan fingerprint density at radius 1 is 1.06 bits per heavy atom. The summed E-state index contributed by atoms with van der Waals surface area (Å²) in [5.74, 6) is 3.24. The van der Waals surface area contributed by atoms with Gasteiger partial charge in [0.1, 0.15) is 6.17 Å². The van der Waals surface area contributed by atoms with E-state index in [1.165, 1.54) is 56.9 Å². The normalized spacial score (nSPS) is 43.9. The molecule has 7 atom stereocenters. The van der Waals surface area contributed by atoms with Gasteiger partial charge in [-0.2, -0.15) is 0 Å². The molecule has 34 heavy (non-hydrogen) atoms. The van der Waals surface area contributed by atoms with E-state index in [0.717, 1.165) is 19.6 Å². The van der Waals surface area contributed by atoms with Gasteiger partial charge in [-0.3, -0.25) is 26.3 Å². The van der Waals surface area contributed by atoms with E-state index >= 15 is 0 Å². The third-order valence-corrected chi connectivity index (χ3v) is 9.91. The number of hydrogen-bond donors (Lipinski definition) is 4. The van der Waals surface area contributed by atoms with Gasteiger partial charge < -0.3 is 9.80 Å². The molecule has 2 aliphatic carbocycles. The highest BCUT2D eigenvalue weighted by atomic mass is 35.5. The predicted molar refractivity (Wildman–Crippen MR) is 140 cm³/mol. The SMILES string of the molecule is C=C(C)C1CCCCC1C1NCC2C(N1)N(CC1CCC(C3NC(Cl)CN3C)CC1)C(=N)N2C. The van der Waals surface area contributed by atoms with E-state index in [1.807, 2.05) is 0 Å². The van der Waals surface area contributed by atoms with Crippen molar-refractivity contribution in [2.24, 2.45) is 23.7 Å². The molecule has 3 heterocycles. The average Bonchev–Trinajstić information content (AvgIpc) is 3.30. The number of guanidine groups is 1. The molecule has 3 aliphatic heterocycles. The topological polar surface area (TPSA) is 69.7 Å². The highest BCUT2D eigenvalue weighted by Gasteiger charge is 2.48. The Morgan fingerprint density at radius 3 is 2.47 bits per heavy atom. The number of halogens is 1. The van der Waals surface area contributed by atoms with Gasteiger partial charge in [0.05, 0.1) is 23.9 Å². The van der Waals surface area contributed by atoms with Crippen LogP contribution >= 0.6 is 11.6 Å². The van der Waals surface area contributed by atoms with Crippen LogP contribution in [-0.2, 0) is 0 Å². The van der Waals surface area contributed by atoms with E-state index < -0.39 is 0 Å². The van der Waals surface area contributed by atoms with Gasteiger partial charge in [-0.1, -0.05) is 25.0 Å². The van der Waals surface area contributed by atoms with Gasteiger partial charge >= 0.3 is 0 Å². The molecule has 7 nitrogen and oxygen atoms in total. The van der Waals surface area contributed by atoms with Gasteiger partial charge in [-0.25, -0.2) is 0 Å². The molecule has 4 N–H and O–H groups in total. The molecule has 192 valence electrons. The number of alkyl halides is 1. The predicted octanol–water partition coefficient (Wildman–Crippen LogP) is 3.00. The van der Waals surface area contributed by atoms with Crippen LogP contribution in [0.25, 0.3) is 0 Å². The van der Waals surface area contributed by atoms with Crippen LogP contribution in [0.4, 0.5) is 0 Å². The zero-order valence-corrected chi connectivity index (χ0v) is 22.2. The van der Waals surface area contributed by atoms with E-state index in [0.29, 0.717) is 48.0 Å². The van der Waals surface area contributed by atoms with Crippen LogP contribution in [-0.4, -0.2) is 84.4 Å². The molecule has 0 spiro atoms.